The van der Waals surface area contributed by atoms with E-state index >= 15 is 0 Å². The van der Waals surface area contributed by atoms with Crippen LogP contribution in [0.3, 0.4) is 0 Å². The van der Waals surface area contributed by atoms with Gasteiger partial charge in [0.15, 0.2) is 12.4 Å². The van der Waals surface area contributed by atoms with Crippen LogP contribution in [-0.4, -0.2) is 36.4 Å². The lowest BCUT2D eigenvalue weighted by Crippen LogP contribution is -2.15. The minimum absolute atomic E-state index is 0.183. The van der Waals surface area contributed by atoms with Crippen molar-refractivity contribution in [3.63, 3.8) is 0 Å². The summed E-state index contributed by atoms with van der Waals surface area (Å²) in [6, 6.07) is 8.99. The van der Waals surface area contributed by atoms with E-state index in [4.69, 9.17) is 16.3 Å². The van der Waals surface area contributed by atoms with Crippen LogP contribution in [0.25, 0.3) is 0 Å². The van der Waals surface area contributed by atoms with Gasteiger partial charge in [-0.05, 0) is 30.3 Å². The number of nitro benzene ring substituents is 1. The van der Waals surface area contributed by atoms with Crippen molar-refractivity contribution in [2.24, 2.45) is 0 Å². The summed E-state index contributed by atoms with van der Waals surface area (Å²) in [7, 11) is 1.10. The maximum absolute atomic E-state index is 12.1. The van der Waals surface area contributed by atoms with E-state index in [9.17, 15) is 24.5 Å². The Hall–Kier alpha value is -3.26. The van der Waals surface area contributed by atoms with E-state index < -0.39 is 34.9 Å². The van der Waals surface area contributed by atoms with E-state index in [1.807, 2.05) is 0 Å². The van der Waals surface area contributed by atoms with Crippen LogP contribution in [0.4, 0.5) is 5.69 Å². The van der Waals surface area contributed by atoms with E-state index in [-0.39, 0.29) is 16.7 Å². The van der Waals surface area contributed by atoms with Crippen molar-refractivity contribution in [2.75, 3.05) is 13.7 Å². The van der Waals surface area contributed by atoms with Gasteiger partial charge < -0.3 is 9.47 Å². The molecule has 0 saturated carbocycles. The molecule has 0 aliphatic heterocycles. The van der Waals surface area contributed by atoms with Crippen molar-refractivity contribution in [1.82, 2.24) is 0 Å². The van der Waals surface area contributed by atoms with Crippen LogP contribution >= 0.6 is 11.6 Å². The second kappa shape index (κ2) is 8.21. The van der Waals surface area contributed by atoms with Gasteiger partial charge in [0.2, 0.25) is 0 Å². The first-order valence-electron chi connectivity index (χ1n) is 7.15. The van der Waals surface area contributed by atoms with Gasteiger partial charge in [-0.1, -0.05) is 11.6 Å². The van der Waals surface area contributed by atoms with Gasteiger partial charge in [-0.25, -0.2) is 9.59 Å². The SMILES string of the molecule is COC(=O)c1cc(C(=O)OCC(=O)c2ccc(Cl)cc2)cc([N+](=O)[O-])c1. The van der Waals surface area contributed by atoms with Crippen LogP contribution in [0.5, 0.6) is 0 Å². The number of methoxy groups -OCH3 is 1. The number of non-ortho nitro benzene ring substituents is 1. The number of esters is 2. The molecule has 0 radical (unpaired) electrons. The van der Waals surface area contributed by atoms with E-state index in [1.165, 1.54) is 24.3 Å². The highest BCUT2D eigenvalue weighted by atomic mass is 35.5. The molecule has 0 amide bonds. The van der Waals surface area contributed by atoms with Crippen LogP contribution in [-0.2, 0) is 9.47 Å². The summed E-state index contributed by atoms with van der Waals surface area (Å²) in [4.78, 5) is 45.9. The van der Waals surface area contributed by atoms with Gasteiger partial charge in [0.25, 0.3) is 5.69 Å². The zero-order valence-electron chi connectivity index (χ0n) is 13.4. The Kier molecular flexibility index (Phi) is 6.03. The minimum atomic E-state index is -0.985. The molecule has 0 aliphatic rings. The summed E-state index contributed by atoms with van der Waals surface area (Å²) in [5.41, 5.74) is -0.624. The Morgan fingerprint density at radius 3 is 2.12 bits per heavy atom. The Balaban J connectivity index is 2.16. The highest BCUT2D eigenvalue weighted by Crippen LogP contribution is 2.19. The van der Waals surface area contributed by atoms with Gasteiger partial charge in [-0.3, -0.25) is 14.9 Å². The fraction of sp³-hybridized carbons (Fsp3) is 0.118. The molecule has 26 heavy (non-hydrogen) atoms. The summed E-state index contributed by atoms with van der Waals surface area (Å²) in [5.74, 6) is -2.31. The summed E-state index contributed by atoms with van der Waals surface area (Å²) < 4.78 is 9.37. The fourth-order valence-corrected chi connectivity index (χ4v) is 2.13. The van der Waals surface area contributed by atoms with Crippen molar-refractivity contribution in [1.29, 1.82) is 0 Å². The van der Waals surface area contributed by atoms with Gasteiger partial charge >= 0.3 is 11.9 Å². The third-order valence-electron chi connectivity index (χ3n) is 3.29. The second-order valence-corrected chi connectivity index (χ2v) is 5.46. The number of nitro groups is 1. The summed E-state index contributed by atoms with van der Waals surface area (Å²) in [5, 5.41) is 11.4. The molecule has 0 saturated heterocycles. The number of Topliss-reactive ketones (excluding diaryl/α,β-unsaturated/α-hetero) is 1. The van der Waals surface area contributed by atoms with Crippen molar-refractivity contribution < 1.29 is 28.8 Å². The molecule has 0 fully saturated rings. The lowest BCUT2D eigenvalue weighted by Gasteiger charge is -2.06. The number of ether oxygens (including phenoxy) is 2. The Morgan fingerprint density at radius 2 is 1.58 bits per heavy atom. The Labute approximate surface area is 152 Å². The first kappa shape index (κ1) is 19.1. The second-order valence-electron chi connectivity index (χ2n) is 5.02. The fourth-order valence-electron chi connectivity index (χ4n) is 2.00. The number of ketones is 1. The predicted molar refractivity (Wildman–Crippen MR) is 90.5 cm³/mol. The van der Waals surface area contributed by atoms with Gasteiger partial charge in [0.05, 0.1) is 23.2 Å². The number of benzene rings is 2. The molecule has 0 aliphatic carbocycles. The number of carbonyl (C=O) groups excluding carboxylic acids is 3. The largest absolute Gasteiger partial charge is 0.465 e. The third kappa shape index (κ3) is 4.64. The van der Waals surface area contributed by atoms with Crippen molar-refractivity contribution in [3.05, 3.63) is 74.3 Å². The molecule has 0 aromatic heterocycles. The average Bonchev–Trinajstić information content (AvgIpc) is 2.65. The summed E-state index contributed by atoms with van der Waals surface area (Å²) in [6.45, 7) is -0.573. The highest BCUT2D eigenvalue weighted by molar-refractivity contribution is 6.30. The van der Waals surface area contributed by atoms with Crippen LogP contribution in [0, 0.1) is 10.1 Å². The van der Waals surface area contributed by atoms with E-state index in [0.29, 0.717) is 5.02 Å². The minimum Gasteiger partial charge on any atom is -0.465 e. The summed E-state index contributed by atoms with van der Waals surface area (Å²) >= 11 is 5.73. The average molecular weight is 378 g/mol. The first-order valence-corrected chi connectivity index (χ1v) is 7.53. The van der Waals surface area contributed by atoms with E-state index in [0.717, 1.165) is 25.3 Å². The zero-order valence-corrected chi connectivity index (χ0v) is 14.2. The molecule has 134 valence electrons. The van der Waals surface area contributed by atoms with Gasteiger partial charge in [-0.15, -0.1) is 0 Å². The van der Waals surface area contributed by atoms with Crippen LogP contribution in [0.2, 0.25) is 5.02 Å². The number of nitrogens with zero attached hydrogens (tertiary/aromatic N) is 1. The predicted octanol–water partition coefficient (Wildman–Crippen LogP) is 3.07. The molecule has 8 nitrogen and oxygen atoms in total. The molecule has 2 aromatic rings. The lowest BCUT2D eigenvalue weighted by molar-refractivity contribution is -0.384. The number of carbonyl (C=O) groups is 3. The number of rotatable bonds is 6. The Morgan fingerprint density at radius 1 is 1.00 bits per heavy atom. The monoisotopic (exact) mass is 377 g/mol. The highest BCUT2D eigenvalue weighted by Gasteiger charge is 2.20. The molecule has 0 atom stereocenters. The van der Waals surface area contributed by atoms with Gasteiger partial charge in [0, 0.05) is 22.7 Å². The van der Waals surface area contributed by atoms with Crippen molar-refractivity contribution in [2.45, 2.75) is 0 Å². The molecule has 0 spiro atoms. The lowest BCUT2D eigenvalue weighted by atomic mass is 10.1. The topological polar surface area (TPSA) is 113 Å². The number of hydrogen-bond donors (Lipinski definition) is 0. The van der Waals surface area contributed by atoms with Crippen LogP contribution in [0.15, 0.2) is 42.5 Å². The molecule has 0 unspecified atom stereocenters. The van der Waals surface area contributed by atoms with Crippen molar-refractivity contribution in [3.8, 4) is 0 Å². The smallest absolute Gasteiger partial charge is 0.338 e. The van der Waals surface area contributed by atoms with Crippen LogP contribution < -0.4 is 0 Å². The molecular formula is C17H12ClNO7. The standard InChI is InChI=1S/C17H12ClNO7/c1-25-16(21)11-6-12(8-14(7-11)19(23)24)17(22)26-9-15(20)10-2-4-13(18)5-3-10/h2-8H,9H2,1H3. The quantitative estimate of drug-likeness (QED) is 0.329. The first-order chi connectivity index (χ1) is 12.3. The molecule has 0 heterocycles. The maximum atomic E-state index is 12.1. The Bertz CT molecular complexity index is 877. The van der Waals surface area contributed by atoms with Gasteiger partial charge in [-0.2, -0.15) is 0 Å². The van der Waals surface area contributed by atoms with E-state index in [2.05, 4.69) is 4.74 Å². The molecule has 0 bridgehead atoms. The van der Waals surface area contributed by atoms with E-state index in [1.54, 1.807) is 0 Å². The third-order valence-corrected chi connectivity index (χ3v) is 3.54. The summed E-state index contributed by atoms with van der Waals surface area (Å²) in [6.07, 6.45) is 0. The molecule has 2 rings (SSSR count). The molecule has 2 aromatic carbocycles. The molecular weight excluding hydrogens is 366 g/mol. The number of hydrogen-bond acceptors (Lipinski definition) is 7. The molecule has 9 heteroatoms. The van der Waals surface area contributed by atoms with Gasteiger partial charge in [0.1, 0.15) is 0 Å². The molecule has 0 N–H and O–H groups in total. The van der Waals surface area contributed by atoms with Crippen molar-refractivity contribution >= 4 is 35.0 Å². The zero-order chi connectivity index (χ0) is 19.3. The maximum Gasteiger partial charge on any atom is 0.338 e. The number of halogens is 1. The normalized spacial score (nSPS) is 10.1. The van der Waals surface area contributed by atoms with Crippen LogP contribution in [0.1, 0.15) is 31.1 Å².